The van der Waals surface area contributed by atoms with Crippen LogP contribution >= 0.6 is 0 Å². The summed E-state index contributed by atoms with van der Waals surface area (Å²) in [5.41, 5.74) is 2.22. The maximum Gasteiger partial charge on any atom is 0.275 e. The fraction of sp³-hybridized carbons (Fsp3) is 0.455. The van der Waals surface area contributed by atoms with Crippen molar-refractivity contribution in [1.29, 1.82) is 0 Å². The van der Waals surface area contributed by atoms with Crippen molar-refractivity contribution < 1.29 is 4.79 Å². The molecule has 1 saturated carbocycles. The molecule has 1 aliphatic carbocycles. The molecule has 1 aliphatic rings. The van der Waals surface area contributed by atoms with Crippen LogP contribution in [0.15, 0.2) is 35.3 Å². The lowest BCUT2D eigenvalue weighted by atomic mass is 10.1. The summed E-state index contributed by atoms with van der Waals surface area (Å²) in [7, 11) is 1.92. The van der Waals surface area contributed by atoms with Crippen LogP contribution in [0.4, 0.5) is 0 Å². The van der Waals surface area contributed by atoms with Crippen LogP contribution in [0.5, 0.6) is 0 Å². The summed E-state index contributed by atoms with van der Waals surface area (Å²) in [6, 6.07) is 8.21. The zero-order valence-corrected chi connectivity index (χ0v) is 16.3. The van der Waals surface area contributed by atoms with E-state index >= 15 is 0 Å². The molecule has 1 aromatic carbocycles. The van der Waals surface area contributed by atoms with Gasteiger partial charge in [0.1, 0.15) is 5.52 Å². The Morgan fingerprint density at radius 3 is 2.67 bits per heavy atom. The van der Waals surface area contributed by atoms with E-state index in [1.807, 2.05) is 53.6 Å². The number of pyridine rings is 1. The number of hydrogen-bond donors (Lipinski definition) is 1. The van der Waals surface area contributed by atoms with Crippen molar-refractivity contribution in [1.82, 2.24) is 14.5 Å². The quantitative estimate of drug-likeness (QED) is 0.755. The number of nitrogens with zero attached hydrogens (tertiary/aromatic N) is 2. The van der Waals surface area contributed by atoms with Crippen molar-refractivity contribution in [3.05, 3.63) is 46.4 Å². The number of fused-ring (bicyclic) bond motifs is 3. The Morgan fingerprint density at radius 2 is 1.96 bits per heavy atom. The molecule has 1 fully saturated rings. The van der Waals surface area contributed by atoms with Crippen LogP contribution in [0.25, 0.3) is 21.8 Å². The highest BCUT2D eigenvalue weighted by molar-refractivity contribution is 6.17. The van der Waals surface area contributed by atoms with E-state index in [-0.39, 0.29) is 23.6 Å². The average molecular weight is 365 g/mol. The number of aryl methyl sites for hydroxylation is 1. The second-order valence-electron chi connectivity index (χ2n) is 7.78. The van der Waals surface area contributed by atoms with Crippen molar-refractivity contribution in [2.45, 2.75) is 58.0 Å². The summed E-state index contributed by atoms with van der Waals surface area (Å²) in [6.07, 6.45) is 6.96. The molecule has 0 bridgehead atoms. The fourth-order valence-electron chi connectivity index (χ4n) is 4.33. The lowest BCUT2D eigenvalue weighted by Crippen LogP contribution is -2.34. The van der Waals surface area contributed by atoms with Crippen LogP contribution in [0, 0.1) is 0 Å². The second kappa shape index (κ2) is 6.87. The van der Waals surface area contributed by atoms with Crippen LogP contribution in [-0.4, -0.2) is 21.1 Å². The molecule has 1 amide bonds. The maximum absolute atomic E-state index is 13.4. The smallest absolute Gasteiger partial charge is 0.275 e. The topological polar surface area (TPSA) is 56.0 Å². The number of aromatic nitrogens is 2. The Morgan fingerprint density at radius 1 is 1.26 bits per heavy atom. The van der Waals surface area contributed by atoms with Gasteiger partial charge in [0.15, 0.2) is 0 Å². The number of hydrogen-bond acceptors (Lipinski definition) is 2. The molecule has 0 saturated heterocycles. The number of nitrogens with one attached hydrogen (secondary N) is 1. The summed E-state index contributed by atoms with van der Waals surface area (Å²) >= 11 is 0. The second-order valence-corrected chi connectivity index (χ2v) is 7.78. The number of amides is 1. The van der Waals surface area contributed by atoms with E-state index in [1.165, 1.54) is 0 Å². The SMILES string of the molecule is CCC(C)NC(=O)c1cn(C2CCCC2)c(=O)c2c1c1ccccc1n2C. The number of rotatable bonds is 4. The van der Waals surface area contributed by atoms with Crippen molar-refractivity contribution in [2.24, 2.45) is 7.05 Å². The molecular weight excluding hydrogens is 338 g/mol. The van der Waals surface area contributed by atoms with Crippen molar-refractivity contribution in [2.75, 3.05) is 0 Å². The molecule has 1 atom stereocenters. The third kappa shape index (κ3) is 2.85. The Kier molecular flexibility index (Phi) is 4.54. The van der Waals surface area contributed by atoms with Crippen LogP contribution in [0.2, 0.25) is 0 Å². The van der Waals surface area contributed by atoms with Gasteiger partial charge in [-0.2, -0.15) is 0 Å². The van der Waals surface area contributed by atoms with Crippen LogP contribution < -0.4 is 10.9 Å². The van der Waals surface area contributed by atoms with E-state index in [9.17, 15) is 9.59 Å². The van der Waals surface area contributed by atoms with Crippen LogP contribution in [0.3, 0.4) is 0 Å². The predicted molar refractivity (Wildman–Crippen MR) is 109 cm³/mol. The van der Waals surface area contributed by atoms with Crippen LogP contribution in [-0.2, 0) is 7.05 Å². The van der Waals surface area contributed by atoms with Crippen molar-refractivity contribution in [3.8, 4) is 0 Å². The first-order valence-electron chi connectivity index (χ1n) is 9.96. The largest absolute Gasteiger partial charge is 0.350 e. The minimum Gasteiger partial charge on any atom is -0.350 e. The third-order valence-corrected chi connectivity index (χ3v) is 6.03. The molecule has 5 heteroatoms. The summed E-state index contributed by atoms with van der Waals surface area (Å²) < 4.78 is 3.76. The van der Waals surface area contributed by atoms with Gasteiger partial charge < -0.3 is 14.5 Å². The van der Waals surface area contributed by atoms with E-state index in [1.54, 1.807) is 0 Å². The number of carbonyl (C=O) groups excluding carboxylic acids is 1. The molecule has 2 heterocycles. The summed E-state index contributed by atoms with van der Waals surface area (Å²) in [5, 5.41) is 4.82. The first-order chi connectivity index (χ1) is 13.0. The molecule has 0 aliphatic heterocycles. The molecule has 1 unspecified atom stereocenters. The standard InChI is InChI=1S/C22H27N3O2/c1-4-14(2)23-21(26)17-13-25(15-9-5-6-10-15)22(27)20-19(17)16-11-7-8-12-18(16)24(20)3/h7-8,11-15H,4-6,9-10H2,1-3H3,(H,23,26). The minimum absolute atomic E-state index is 0.00990. The Labute approximate surface area is 159 Å². The molecule has 4 rings (SSSR count). The molecule has 1 N–H and O–H groups in total. The third-order valence-electron chi connectivity index (χ3n) is 6.03. The predicted octanol–water partition coefficient (Wildman–Crippen LogP) is 4.14. The number of carbonyl (C=O) groups is 1. The van der Waals surface area contributed by atoms with E-state index in [0.717, 1.165) is 48.4 Å². The normalized spacial score (nSPS) is 16.3. The molecule has 27 heavy (non-hydrogen) atoms. The Bertz CT molecular complexity index is 1070. The molecule has 5 nitrogen and oxygen atoms in total. The van der Waals surface area contributed by atoms with Gasteiger partial charge in [-0.05, 0) is 32.3 Å². The highest BCUT2D eigenvalue weighted by Gasteiger charge is 2.25. The highest BCUT2D eigenvalue weighted by Crippen LogP contribution is 2.33. The van der Waals surface area contributed by atoms with E-state index in [4.69, 9.17) is 0 Å². The van der Waals surface area contributed by atoms with Gasteiger partial charge in [-0.3, -0.25) is 9.59 Å². The Balaban J connectivity index is 2.04. The van der Waals surface area contributed by atoms with Gasteiger partial charge in [0.2, 0.25) is 0 Å². The van der Waals surface area contributed by atoms with Gasteiger partial charge in [-0.25, -0.2) is 0 Å². The molecule has 3 aromatic rings. The van der Waals surface area contributed by atoms with Crippen molar-refractivity contribution >= 4 is 27.7 Å². The maximum atomic E-state index is 13.4. The monoisotopic (exact) mass is 365 g/mol. The van der Waals surface area contributed by atoms with Gasteiger partial charge in [0, 0.05) is 41.6 Å². The molecular formula is C22H27N3O2. The first-order valence-corrected chi connectivity index (χ1v) is 9.96. The fourth-order valence-corrected chi connectivity index (χ4v) is 4.33. The Hall–Kier alpha value is -2.56. The van der Waals surface area contributed by atoms with Crippen LogP contribution in [0.1, 0.15) is 62.4 Å². The average Bonchev–Trinajstić information content (AvgIpc) is 3.30. The van der Waals surface area contributed by atoms with Gasteiger partial charge in [-0.15, -0.1) is 0 Å². The van der Waals surface area contributed by atoms with Gasteiger partial charge in [-0.1, -0.05) is 38.0 Å². The van der Waals surface area contributed by atoms with Gasteiger partial charge in [0.05, 0.1) is 5.56 Å². The number of benzene rings is 1. The zero-order chi connectivity index (χ0) is 19.1. The van der Waals surface area contributed by atoms with E-state index < -0.39 is 0 Å². The van der Waals surface area contributed by atoms with E-state index in [0.29, 0.717) is 11.1 Å². The number of para-hydroxylation sites is 1. The summed E-state index contributed by atoms with van der Waals surface area (Å²) in [4.78, 5) is 26.5. The minimum atomic E-state index is -0.0996. The highest BCUT2D eigenvalue weighted by atomic mass is 16.2. The van der Waals surface area contributed by atoms with Crippen molar-refractivity contribution in [3.63, 3.8) is 0 Å². The summed E-state index contributed by atoms with van der Waals surface area (Å²) in [5.74, 6) is -0.0996. The molecule has 0 spiro atoms. The molecule has 0 radical (unpaired) electrons. The van der Waals surface area contributed by atoms with Gasteiger partial charge >= 0.3 is 0 Å². The van der Waals surface area contributed by atoms with Gasteiger partial charge in [0.25, 0.3) is 11.5 Å². The lowest BCUT2D eigenvalue weighted by Gasteiger charge is -2.18. The summed E-state index contributed by atoms with van der Waals surface area (Å²) in [6.45, 7) is 4.06. The molecule has 2 aromatic heterocycles. The molecule has 142 valence electrons. The lowest BCUT2D eigenvalue weighted by molar-refractivity contribution is 0.0940. The zero-order valence-electron chi connectivity index (χ0n) is 16.3. The van der Waals surface area contributed by atoms with E-state index in [2.05, 4.69) is 12.2 Å². The first kappa shape index (κ1) is 17.8.